The van der Waals surface area contributed by atoms with E-state index in [-0.39, 0.29) is 12.5 Å². The molecule has 1 heterocycles. The first kappa shape index (κ1) is 13.7. The lowest BCUT2D eigenvalue weighted by Gasteiger charge is -2.05. The van der Waals surface area contributed by atoms with Crippen LogP contribution in [0.2, 0.25) is 0 Å². The molecule has 6 nitrogen and oxygen atoms in total. The zero-order valence-electron chi connectivity index (χ0n) is 10.4. The molecular weight excluding hydrogens is 310 g/mol. The number of hydrogen-bond donors (Lipinski definition) is 2. The number of rotatable bonds is 5. The molecule has 0 unspecified atom stereocenters. The Morgan fingerprint density at radius 1 is 1.47 bits per heavy atom. The summed E-state index contributed by atoms with van der Waals surface area (Å²) in [6.07, 6.45) is 1.75. The normalized spacial score (nSPS) is 10.4. The summed E-state index contributed by atoms with van der Waals surface area (Å²) >= 11 is 3.35. The van der Waals surface area contributed by atoms with Crippen LogP contribution < -0.4 is 10.6 Å². The molecule has 1 aromatic heterocycles. The minimum absolute atomic E-state index is 0.140. The van der Waals surface area contributed by atoms with E-state index in [1.54, 1.807) is 6.20 Å². The molecule has 1 amide bonds. The quantitative estimate of drug-likeness (QED) is 0.872. The van der Waals surface area contributed by atoms with E-state index in [2.05, 4.69) is 36.9 Å². The first-order valence-corrected chi connectivity index (χ1v) is 6.55. The zero-order chi connectivity index (χ0) is 13.7. The number of halogens is 1. The predicted octanol–water partition coefficient (Wildman–Crippen LogP) is 1.40. The monoisotopic (exact) mass is 323 g/mol. The van der Waals surface area contributed by atoms with Crippen LogP contribution in [0.5, 0.6) is 0 Å². The second kappa shape index (κ2) is 6.44. The molecule has 0 fully saturated rings. The van der Waals surface area contributed by atoms with Gasteiger partial charge in [0.05, 0.1) is 11.9 Å². The van der Waals surface area contributed by atoms with Crippen LogP contribution in [0.1, 0.15) is 5.69 Å². The fourth-order valence-corrected chi connectivity index (χ4v) is 1.99. The van der Waals surface area contributed by atoms with E-state index in [4.69, 9.17) is 0 Å². The van der Waals surface area contributed by atoms with Crippen LogP contribution in [-0.2, 0) is 17.9 Å². The Morgan fingerprint density at radius 3 is 3.05 bits per heavy atom. The number of nitrogens with zero attached hydrogens (tertiary/aromatic N) is 3. The van der Waals surface area contributed by atoms with Crippen LogP contribution in [0.15, 0.2) is 34.9 Å². The van der Waals surface area contributed by atoms with Crippen LogP contribution >= 0.6 is 15.9 Å². The smallest absolute Gasteiger partial charge is 0.246 e. The van der Waals surface area contributed by atoms with Crippen LogP contribution in [0.25, 0.3) is 0 Å². The van der Waals surface area contributed by atoms with Crippen LogP contribution in [0.3, 0.4) is 0 Å². The van der Waals surface area contributed by atoms with E-state index >= 15 is 0 Å². The highest BCUT2D eigenvalue weighted by Gasteiger charge is 2.06. The summed E-state index contributed by atoms with van der Waals surface area (Å²) in [5, 5.41) is 13.6. The largest absolute Gasteiger partial charge is 0.324 e. The molecule has 0 spiro atoms. The number of benzene rings is 1. The highest BCUT2D eigenvalue weighted by atomic mass is 79.9. The second-order valence-corrected chi connectivity index (χ2v) is 4.91. The standard InChI is InChI=1S/C12H14BrN5O/c1-14-6-11-7-18(17-16-11)8-12(19)15-10-4-2-3-9(13)5-10/h2-5,7,14H,6,8H2,1H3,(H,15,19). The van der Waals surface area contributed by atoms with Gasteiger partial charge in [-0.3, -0.25) is 4.79 Å². The Bertz CT molecular complexity index is 569. The molecule has 0 aliphatic carbocycles. The van der Waals surface area contributed by atoms with Crippen molar-refractivity contribution in [1.29, 1.82) is 0 Å². The minimum Gasteiger partial charge on any atom is -0.324 e. The average Bonchev–Trinajstić information content (AvgIpc) is 2.77. The van der Waals surface area contributed by atoms with Crippen molar-refractivity contribution in [2.24, 2.45) is 0 Å². The van der Waals surface area contributed by atoms with Crippen molar-refractivity contribution in [3.05, 3.63) is 40.6 Å². The fraction of sp³-hybridized carbons (Fsp3) is 0.250. The van der Waals surface area contributed by atoms with Gasteiger partial charge in [-0.15, -0.1) is 5.10 Å². The third-order valence-corrected chi connectivity index (χ3v) is 2.85. The molecule has 7 heteroatoms. The first-order chi connectivity index (χ1) is 9.17. The molecule has 19 heavy (non-hydrogen) atoms. The number of carbonyl (C=O) groups is 1. The van der Waals surface area contributed by atoms with Crippen molar-refractivity contribution in [2.75, 3.05) is 12.4 Å². The molecule has 2 rings (SSSR count). The summed E-state index contributed by atoms with van der Waals surface area (Å²) in [5.41, 5.74) is 1.55. The summed E-state index contributed by atoms with van der Waals surface area (Å²) in [6.45, 7) is 0.774. The van der Waals surface area contributed by atoms with Gasteiger partial charge in [0.2, 0.25) is 5.91 Å². The summed E-state index contributed by atoms with van der Waals surface area (Å²) in [6, 6.07) is 7.43. The maximum absolute atomic E-state index is 11.8. The Balaban J connectivity index is 1.93. The lowest BCUT2D eigenvalue weighted by molar-refractivity contribution is -0.116. The molecule has 0 saturated carbocycles. The van der Waals surface area contributed by atoms with E-state index in [9.17, 15) is 4.79 Å². The van der Waals surface area contributed by atoms with Crippen LogP contribution in [-0.4, -0.2) is 27.9 Å². The van der Waals surface area contributed by atoms with E-state index in [1.807, 2.05) is 31.3 Å². The predicted molar refractivity (Wildman–Crippen MR) is 75.6 cm³/mol. The van der Waals surface area contributed by atoms with E-state index in [0.717, 1.165) is 15.9 Å². The summed E-state index contributed by atoms with van der Waals surface area (Å²) in [5.74, 6) is -0.140. The minimum atomic E-state index is -0.140. The van der Waals surface area contributed by atoms with Crippen molar-refractivity contribution >= 4 is 27.5 Å². The summed E-state index contributed by atoms with van der Waals surface area (Å²) < 4.78 is 2.43. The third-order valence-electron chi connectivity index (χ3n) is 2.36. The van der Waals surface area contributed by atoms with Crippen LogP contribution in [0, 0.1) is 0 Å². The van der Waals surface area contributed by atoms with Gasteiger partial charge in [-0.05, 0) is 25.2 Å². The lowest BCUT2D eigenvalue weighted by atomic mass is 10.3. The Kier molecular flexibility index (Phi) is 4.64. The zero-order valence-corrected chi connectivity index (χ0v) is 12.0. The average molecular weight is 324 g/mol. The molecule has 1 aromatic carbocycles. The van der Waals surface area contributed by atoms with Gasteiger partial charge in [0.1, 0.15) is 6.54 Å². The van der Waals surface area contributed by atoms with Crippen molar-refractivity contribution < 1.29 is 4.79 Å². The number of amides is 1. The molecule has 100 valence electrons. The van der Waals surface area contributed by atoms with Gasteiger partial charge in [-0.1, -0.05) is 27.2 Å². The third kappa shape index (κ3) is 4.15. The molecule has 0 aliphatic rings. The van der Waals surface area contributed by atoms with Gasteiger partial charge in [0, 0.05) is 16.7 Å². The van der Waals surface area contributed by atoms with Crippen molar-refractivity contribution in [3.63, 3.8) is 0 Å². The number of hydrogen-bond acceptors (Lipinski definition) is 4. The Labute approximate surface area is 119 Å². The highest BCUT2D eigenvalue weighted by Crippen LogP contribution is 2.15. The van der Waals surface area contributed by atoms with E-state index in [1.165, 1.54) is 4.68 Å². The molecule has 0 saturated heterocycles. The number of aromatic nitrogens is 3. The fourth-order valence-electron chi connectivity index (χ4n) is 1.59. The van der Waals surface area contributed by atoms with Gasteiger partial charge in [-0.25, -0.2) is 4.68 Å². The van der Waals surface area contributed by atoms with E-state index in [0.29, 0.717) is 6.54 Å². The SMILES string of the molecule is CNCc1cn(CC(=O)Nc2cccc(Br)c2)nn1. The second-order valence-electron chi connectivity index (χ2n) is 4.00. The van der Waals surface area contributed by atoms with Crippen molar-refractivity contribution in [3.8, 4) is 0 Å². The Morgan fingerprint density at radius 2 is 2.32 bits per heavy atom. The van der Waals surface area contributed by atoms with Gasteiger partial charge >= 0.3 is 0 Å². The molecule has 0 bridgehead atoms. The highest BCUT2D eigenvalue weighted by molar-refractivity contribution is 9.10. The Hall–Kier alpha value is -1.73. The molecule has 2 N–H and O–H groups in total. The summed E-state index contributed by atoms with van der Waals surface area (Å²) in [7, 11) is 1.83. The van der Waals surface area contributed by atoms with Gasteiger partial charge in [0.15, 0.2) is 0 Å². The van der Waals surface area contributed by atoms with E-state index < -0.39 is 0 Å². The van der Waals surface area contributed by atoms with Gasteiger partial charge in [-0.2, -0.15) is 0 Å². The maximum atomic E-state index is 11.8. The molecular formula is C12H14BrN5O. The molecule has 2 aromatic rings. The van der Waals surface area contributed by atoms with Gasteiger partial charge < -0.3 is 10.6 Å². The molecule has 0 aliphatic heterocycles. The number of anilines is 1. The topological polar surface area (TPSA) is 71.8 Å². The molecule has 0 radical (unpaired) electrons. The van der Waals surface area contributed by atoms with Crippen LogP contribution in [0.4, 0.5) is 5.69 Å². The van der Waals surface area contributed by atoms with Crippen molar-refractivity contribution in [1.82, 2.24) is 20.3 Å². The van der Waals surface area contributed by atoms with Gasteiger partial charge in [0.25, 0.3) is 0 Å². The first-order valence-electron chi connectivity index (χ1n) is 5.76. The molecule has 0 atom stereocenters. The summed E-state index contributed by atoms with van der Waals surface area (Å²) in [4.78, 5) is 11.8. The maximum Gasteiger partial charge on any atom is 0.246 e. The van der Waals surface area contributed by atoms with Crippen molar-refractivity contribution in [2.45, 2.75) is 13.1 Å². The lowest BCUT2D eigenvalue weighted by Crippen LogP contribution is -2.19. The number of nitrogens with one attached hydrogen (secondary N) is 2. The number of carbonyl (C=O) groups excluding carboxylic acids is 1.